The molecule has 0 radical (unpaired) electrons. The van der Waals surface area contributed by atoms with Crippen LogP contribution in [-0.2, 0) is 16.2 Å². The monoisotopic (exact) mass is 750 g/mol. The van der Waals surface area contributed by atoms with Gasteiger partial charge in [0.2, 0.25) is 0 Å². The summed E-state index contributed by atoms with van der Waals surface area (Å²) in [6.07, 6.45) is 2.34. The zero-order chi connectivity index (χ0) is 39.0. The van der Waals surface area contributed by atoms with E-state index < -0.39 is 0 Å². The lowest BCUT2D eigenvalue weighted by atomic mass is 9.42. The summed E-state index contributed by atoms with van der Waals surface area (Å²) in [4.78, 5) is 5.30. The van der Waals surface area contributed by atoms with Crippen molar-refractivity contribution in [3.8, 4) is 11.1 Å². The number of para-hydroxylation sites is 4. The molecular formula is C53H43BN2O2. The first-order valence-electron chi connectivity index (χ1n) is 20.9. The SMILES string of the molecule is CC1(C)CCC(C)(C)c2cc(N3B4c5cccc6c5N(c5ccccc5C6(C)C)c5c4c(cc4oc6ccccc6c54)-c4c3ccc3oc5ccccc5c43)ccc21. The van der Waals surface area contributed by atoms with Crippen molar-refractivity contribution in [3.05, 3.63) is 150 Å². The minimum Gasteiger partial charge on any atom is -0.456 e. The first kappa shape index (κ1) is 32.8. The molecule has 58 heavy (non-hydrogen) atoms. The standard InChI is InChI=1S/C53H43BN2O2/c1-51(2)26-27-52(3,4)37-28-30(22-23-34(37)51)56-40-24-25-43-46(31-14-7-11-20-41(31)57-43)45(40)33-29-44-47(32-15-8-12-21-42(32)58-44)50-48(33)54(56)38-18-13-17-36-49(38)55(50)39-19-10-9-16-35(39)53(36,5)6/h7-25,28-29H,26-27H2,1-6H3. The number of nitrogens with zero attached hydrogens (tertiary/aromatic N) is 2. The van der Waals surface area contributed by atoms with Crippen LogP contribution in [0.4, 0.5) is 28.4 Å². The fourth-order valence-electron chi connectivity index (χ4n) is 11.7. The molecule has 3 aliphatic heterocycles. The van der Waals surface area contributed by atoms with Crippen LogP contribution in [0.5, 0.6) is 0 Å². The third-order valence-corrected chi connectivity index (χ3v) is 14.7. The van der Waals surface area contributed by atoms with E-state index in [1.54, 1.807) is 0 Å². The molecule has 7 aromatic carbocycles. The topological polar surface area (TPSA) is 32.8 Å². The van der Waals surface area contributed by atoms with Crippen LogP contribution in [0.3, 0.4) is 0 Å². The molecule has 0 fully saturated rings. The first-order chi connectivity index (χ1) is 28.0. The van der Waals surface area contributed by atoms with Crippen LogP contribution in [0.2, 0.25) is 0 Å². The van der Waals surface area contributed by atoms with Crippen LogP contribution in [0.1, 0.15) is 76.6 Å². The summed E-state index contributed by atoms with van der Waals surface area (Å²) in [5, 5.41) is 4.58. The third-order valence-electron chi connectivity index (χ3n) is 14.7. The van der Waals surface area contributed by atoms with Crippen molar-refractivity contribution < 1.29 is 8.83 Å². The van der Waals surface area contributed by atoms with Crippen LogP contribution >= 0.6 is 0 Å². The van der Waals surface area contributed by atoms with Gasteiger partial charge in [-0.05, 0) is 111 Å². The average molecular weight is 751 g/mol. The van der Waals surface area contributed by atoms with Gasteiger partial charge in [-0.25, -0.2) is 0 Å². The van der Waals surface area contributed by atoms with E-state index in [-0.39, 0.29) is 23.1 Å². The number of furan rings is 2. The smallest absolute Gasteiger partial charge is 0.333 e. The maximum atomic E-state index is 6.93. The molecule has 0 amide bonds. The number of hydrogen-bond acceptors (Lipinski definition) is 4. The maximum absolute atomic E-state index is 6.93. The molecule has 0 saturated carbocycles. The molecule has 5 heterocycles. The van der Waals surface area contributed by atoms with Gasteiger partial charge in [0.05, 0.1) is 16.8 Å². The zero-order valence-electron chi connectivity index (χ0n) is 33.8. The summed E-state index contributed by atoms with van der Waals surface area (Å²) in [7, 11) is 0. The quantitative estimate of drug-likeness (QED) is 0.156. The molecule has 5 heteroatoms. The Balaban J connectivity index is 1.25. The highest BCUT2D eigenvalue weighted by molar-refractivity contribution is 6.94. The van der Waals surface area contributed by atoms with E-state index in [2.05, 4.69) is 179 Å². The maximum Gasteiger partial charge on any atom is 0.333 e. The molecule has 9 aromatic rings. The van der Waals surface area contributed by atoms with Gasteiger partial charge < -0.3 is 18.5 Å². The molecular weight excluding hydrogens is 707 g/mol. The Morgan fingerprint density at radius 1 is 0.517 bits per heavy atom. The summed E-state index contributed by atoms with van der Waals surface area (Å²) in [5.74, 6) is 0. The van der Waals surface area contributed by atoms with Crippen LogP contribution < -0.4 is 20.6 Å². The molecule has 0 saturated heterocycles. The van der Waals surface area contributed by atoms with E-state index >= 15 is 0 Å². The van der Waals surface area contributed by atoms with Gasteiger partial charge in [0, 0.05) is 44.2 Å². The number of rotatable bonds is 1. The van der Waals surface area contributed by atoms with Crippen molar-refractivity contribution >= 4 is 90.1 Å². The fraction of sp³-hybridized carbons (Fsp3) is 0.208. The van der Waals surface area contributed by atoms with Crippen molar-refractivity contribution in [1.29, 1.82) is 0 Å². The van der Waals surface area contributed by atoms with Gasteiger partial charge in [0.15, 0.2) is 0 Å². The van der Waals surface area contributed by atoms with Gasteiger partial charge in [-0.3, -0.25) is 0 Å². The lowest BCUT2D eigenvalue weighted by molar-refractivity contribution is 0.332. The summed E-state index contributed by atoms with van der Waals surface area (Å²) in [6.45, 7) is 14.4. The van der Waals surface area contributed by atoms with E-state index in [0.29, 0.717) is 0 Å². The molecule has 0 spiro atoms. The Morgan fingerprint density at radius 2 is 1.19 bits per heavy atom. The van der Waals surface area contributed by atoms with E-state index in [9.17, 15) is 0 Å². The van der Waals surface area contributed by atoms with Gasteiger partial charge in [0.25, 0.3) is 0 Å². The van der Waals surface area contributed by atoms with E-state index in [1.807, 2.05) is 0 Å². The Bertz CT molecular complexity index is 3310. The van der Waals surface area contributed by atoms with Crippen LogP contribution in [0.15, 0.2) is 136 Å². The molecule has 2 aromatic heterocycles. The largest absolute Gasteiger partial charge is 0.456 e. The summed E-state index contributed by atoms with van der Waals surface area (Å²) in [6, 6.07) is 47.5. The predicted octanol–water partition coefficient (Wildman–Crippen LogP) is 13.2. The predicted molar refractivity (Wildman–Crippen MR) is 242 cm³/mol. The normalized spacial score (nSPS) is 17.7. The van der Waals surface area contributed by atoms with Crippen molar-refractivity contribution in [2.75, 3.05) is 9.71 Å². The Hall–Kier alpha value is -6.20. The molecule has 0 atom stereocenters. The molecule has 0 N–H and O–H groups in total. The highest BCUT2D eigenvalue weighted by Gasteiger charge is 2.51. The molecule has 4 aliphatic rings. The van der Waals surface area contributed by atoms with E-state index in [4.69, 9.17) is 8.83 Å². The molecule has 0 unspecified atom stereocenters. The second kappa shape index (κ2) is 10.6. The van der Waals surface area contributed by atoms with Gasteiger partial charge in [0.1, 0.15) is 22.3 Å². The van der Waals surface area contributed by atoms with Crippen molar-refractivity contribution in [1.82, 2.24) is 0 Å². The number of hydrogen-bond donors (Lipinski definition) is 0. The Labute approximate surface area is 338 Å². The minimum atomic E-state index is -0.216. The highest BCUT2D eigenvalue weighted by atomic mass is 16.3. The molecule has 13 rings (SSSR count). The molecule has 1 aliphatic carbocycles. The van der Waals surface area contributed by atoms with Gasteiger partial charge >= 0.3 is 6.85 Å². The van der Waals surface area contributed by atoms with Crippen molar-refractivity contribution in [2.45, 2.75) is 70.6 Å². The second-order valence-corrected chi connectivity index (χ2v) is 19.1. The minimum absolute atomic E-state index is 0.0537. The van der Waals surface area contributed by atoms with Gasteiger partial charge in [-0.1, -0.05) is 120 Å². The third kappa shape index (κ3) is 3.93. The molecule has 0 bridgehead atoms. The lowest BCUT2D eigenvalue weighted by Gasteiger charge is -2.51. The number of fused-ring (bicyclic) bond motifs is 15. The zero-order valence-corrected chi connectivity index (χ0v) is 33.8. The van der Waals surface area contributed by atoms with Crippen LogP contribution in [-0.4, -0.2) is 6.85 Å². The molecule has 4 nitrogen and oxygen atoms in total. The Kier molecular flexibility index (Phi) is 6.03. The van der Waals surface area contributed by atoms with Gasteiger partial charge in [-0.2, -0.15) is 0 Å². The van der Waals surface area contributed by atoms with Crippen LogP contribution in [0, 0.1) is 0 Å². The van der Waals surface area contributed by atoms with E-state index in [1.165, 1.54) is 79.2 Å². The summed E-state index contributed by atoms with van der Waals surface area (Å²) < 4.78 is 13.6. The van der Waals surface area contributed by atoms with Crippen LogP contribution in [0.25, 0.3) is 55.0 Å². The van der Waals surface area contributed by atoms with Crippen molar-refractivity contribution in [3.63, 3.8) is 0 Å². The first-order valence-corrected chi connectivity index (χ1v) is 20.9. The number of benzene rings is 7. The lowest BCUT2D eigenvalue weighted by Crippen LogP contribution is -2.62. The Morgan fingerprint density at radius 3 is 1.98 bits per heavy atom. The average Bonchev–Trinajstić information content (AvgIpc) is 3.80. The summed E-state index contributed by atoms with van der Waals surface area (Å²) >= 11 is 0. The van der Waals surface area contributed by atoms with E-state index in [0.717, 1.165) is 50.3 Å². The summed E-state index contributed by atoms with van der Waals surface area (Å²) in [5.41, 5.74) is 20.3. The van der Waals surface area contributed by atoms with Gasteiger partial charge in [-0.15, -0.1) is 0 Å². The second-order valence-electron chi connectivity index (χ2n) is 19.1. The molecule has 280 valence electrons. The fourth-order valence-corrected chi connectivity index (χ4v) is 11.7. The highest BCUT2D eigenvalue weighted by Crippen LogP contribution is 2.58. The number of anilines is 5. The van der Waals surface area contributed by atoms with Crippen molar-refractivity contribution in [2.24, 2.45) is 0 Å².